The lowest BCUT2D eigenvalue weighted by atomic mass is 9.84. The summed E-state index contributed by atoms with van der Waals surface area (Å²) in [5, 5.41) is 2.95. The molecular formula is C29H35N5O5S. The molecule has 0 bridgehead atoms. The number of rotatable bonds is 9. The van der Waals surface area contributed by atoms with Crippen molar-refractivity contribution in [2.45, 2.75) is 69.9 Å². The minimum absolute atomic E-state index is 0.0189. The number of primary amides is 1. The zero-order valence-corrected chi connectivity index (χ0v) is 23.4. The van der Waals surface area contributed by atoms with Gasteiger partial charge in [-0.2, -0.15) is 4.37 Å². The Morgan fingerprint density at radius 2 is 1.82 bits per heavy atom. The standard InChI is InChI=1S/C29H35N5O5S/c1-17-9-14-22(39-17)25(28(36)32-16-21-8-5-15-38-21)34(29(37)26-23(30)24(27(31)35)33-40-26)20-12-10-19(11-13-20)18-6-3-2-4-7-18/h9-14,18,21,25H,2-8,15-16,30H2,1H3,(H2,31,35)(H,32,36). The van der Waals surface area contributed by atoms with Gasteiger partial charge in [0.15, 0.2) is 11.7 Å². The number of carbonyl (C=O) groups is 3. The number of nitrogen functional groups attached to an aromatic ring is 1. The summed E-state index contributed by atoms with van der Waals surface area (Å²) >= 11 is 0.775. The zero-order chi connectivity index (χ0) is 28.2. The van der Waals surface area contributed by atoms with E-state index in [2.05, 4.69) is 9.69 Å². The molecule has 1 saturated heterocycles. The molecule has 0 spiro atoms. The monoisotopic (exact) mass is 565 g/mol. The molecule has 3 amide bonds. The summed E-state index contributed by atoms with van der Waals surface area (Å²) in [4.78, 5) is 41.2. The van der Waals surface area contributed by atoms with Gasteiger partial charge in [-0.25, -0.2) is 0 Å². The van der Waals surface area contributed by atoms with Crippen molar-refractivity contribution < 1.29 is 23.5 Å². The Bertz CT molecular complexity index is 1360. The SMILES string of the molecule is Cc1ccc(C(C(=O)NCC2CCCO2)N(C(=O)c2snc(C(N)=O)c2N)c2ccc(C3CCCCC3)cc2)o1. The summed E-state index contributed by atoms with van der Waals surface area (Å²) in [6.45, 7) is 2.74. The van der Waals surface area contributed by atoms with Gasteiger partial charge in [0.05, 0.1) is 11.8 Å². The fraction of sp³-hybridized carbons (Fsp3) is 0.448. The van der Waals surface area contributed by atoms with Crippen molar-refractivity contribution in [3.05, 3.63) is 64.1 Å². The highest BCUT2D eigenvalue weighted by Gasteiger charge is 2.38. The van der Waals surface area contributed by atoms with Crippen LogP contribution in [0.1, 0.15) is 94.1 Å². The van der Waals surface area contributed by atoms with Crippen LogP contribution in [-0.4, -0.2) is 41.4 Å². The number of nitrogens with two attached hydrogens (primary N) is 2. The van der Waals surface area contributed by atoms with Gasteiger partial charge < -0.3 is 25.9 Å². The van der Waals surface area contributed by atoms with Crippen LogP contribution in [0.2, 0.25) is 0 Å². The predicted molar refractivity (Wildman–Crippen MR) is 152 cm³/mol. The third-order valence-corrected chi connectivity index (χ3v) is 8.54. The van der Waals surface area contributed by atoms with Gasteiger partial charge in [0.1, 0.15) is 16.4 Å². The maximum Gasteiger partial charge on any atom is 0.273 e. The second-order valence-corrected chi connectivity index (χ2v) is 11.2. The maximum absolute atomic E-state index is 14.2. The average molecular weight is 566 g/mol. The number of ether oxygens (including phenoxy) is 1. The maximum atomic E-state index is 14.2. The fourth-order valence-electron chi connectivity index (χ4n) is 5.56. The molecule has 1 saturated carbocycles. The average Bonchev–Trinajstić information content (AvgIpc) is 3.72. The molecule has 2 aromatic heterocycles. The van der Waals surface area contributed by atoms with Gasteiger partial charge in [-0.15, -0.1) is 0 Å². The number of carbonyl (C=O) groups excluding carboxylic acids is 3. The molecule has 1 aliphatic carbocycles. The predicted octanol–water partition coefficient (Wildman–Crippen LogP) is 4.46. The Balaban J connectivity index is 1.55. The van der Waals surface area contributed by atoms with Gasteiger partial charge in [-0.1, -0.05) is 31.4 Å². The van der Waals surface area contributed by atoms with E-state index < -0.39 is 23.8 Å². The molecular weight excluding hydrogens is 530 g/mol. The number of hydrogen-bond acceptors (Lipinski definition) is 8. The largest absolute Gasteiger partial charge is 0.464 e. The van der Waals surface area contributed by atoms with E-state index in [1.54, 1.807) is 19.1 Å². The lowest BCUT2D eigenvalue weighted by molar-refractivity contribution is -0.123. The number of nitrogens with zero attached hydrogens (tertiary/aromatic N) is 2. The molecule has 2 atom stereocenters. The van der Waals surface area contributed by atoms with Gasteiger partial charge >= 0.3 is 0 Å². The Hall–Kier alpha value is -3.70. The normalized spacial score (nSPS) is 18.4. The first-order chi connectivity index (χ1) is 19.3. The summed E-state index contributed by atoms with van der Waals surface area (Å²) in [6, 6.07) is 10.0. The second-order valence-electron chi connectivity index (χ2n) is 10.5. The summed E-state index contributed by atoms with van der Waals surface area (Å²) in [7, 11) is 0. The molecule has 2 aliphatic rings. The van der Waals surface area contributed by atoms with E-state index in [9.17, 15) is 14.4 Å². The number of anilines is 2. The Morgan fingerprint density at radius 3 is 2.42 bits per heavy atom. The number of aryl methyl sites for hydroxylation is 1. The number of aromatic nitrogens is 1. The highest BCUT2D eigenvalue weighted by Crippen LogP contribution is 2.37. The minimum Gasteiger partial charge on any atom is -0.464 e. The minimum atomic E-state index is -1.15. The highest BCUT2D eigenvalue weighted by molar-refractivity contribution is 7.09. The Kier molecular flexibility index (Phi) is 8.51. The van der Waals surface area contributed by atoms with E-state index in [0.717, 1.165) is 37.2 Å². The van der Waals surface area contributed by atoms with E-state index in [0.29, 0.717) is 36.3 Å². The number of nitrogens with one attached hydrogen (secondary N) is 1. The van der Waals surface area contributed by atoms with Gasteiger partial charge in [0, 0.05) is 18.8 Å². The quantitative estimate of drug-likeness (QED) is 0.346. The molecule has 3 heterocycles. The summed E-state index contributed by atoms with van der Waals surface area (Å²) < 4.78 is 15.6. The lowest BCUT2D eigenvalue weighted by Crippen LogP contribution is -2.45. The molecule has 2 fully saturated rings. The van der Waals surface area contributed by atoms with Crippen molar-refractivity contribution in [3.63, 3.8) is 0 Å². The van der Waals surface area contributed by atoms with Crippen LogP contribution < -0.4 is 21.7 Å². The van der Waals surface area contributed by atoms with Gasteiger partial charge in [-0.05, 0) is 79.9 Å². The van der Waals surface area contributed by atoms with E-state index in [4.69, 9.17) is 20.6 Å². The van der Waals surface area contributed by atoms with Gasteiger partial charge in [-0.3, -0.25) is 19.3 Å². The van der Waals surface area contributed by atoms with Crippen LogP contribution in [0.25, 0.3) is 0 Å². The van der Waals surface area contributed by atoms with Crippen LogP contribution in [0, 0.1) is 6.92 Å². The second kappa shape index (κ2) is 12.2. The van der Waals surface area contributed by atoms with Crippen molar-refractivity contribution in [1.29, 1.82) is 0 Å². The first-order valence-electron chi connectivity index (χ1n) is 13.8. The van der Waals surface area contributed by atoms with Crippen molar-refractivity contribution in [2.75, 3.05) is 23.8 Å². The molecule has 2 unspecified atom stereocenters. The number of furan rings is 1. The number of benzene rings is 1. The third-order valence-electron chi connectivity index (χ3n) is 7.69. The Labute approximate surface area is 237 Å². The Morgan fingerprint density at radius 1 is 1.07 bits per heavy atom. The molecule has 11 heteroatoms. The number of amides is 3. The zero-order valence-electron chi connectivity index (χ0n) is 22.6. The van der Waals surface area contributed by atoms with Crippen molar-refractivity contribution >= 4 is 40.6 Å². The molecule has 212 valence electrons. The molecule has 0 radical (unpaired) electrons. The summed E-state index contributed by atoms with van der Waals surface area (Å²) in [5.74, 6) is -0.471. The molecule has 40 heavy (non-hydrogen) atoms. The van der Waals surface area contributed by atoms with E-state index in [1.807, 2.05) is 24.3 Å². The molecule has 1 aromatic carbocycles. The first kappa shape index (κ1) is 27.9. The van der Waals surface area contributed by atoms with Crippen LogP contribution in [0.4, 0.5) is 11.4 Å². The topological polar surface area (TPSA) is 154 Å². The van der Waals surface area contributed by atoms with E-state index in [-0.39, 0.29) is 22.4 Å². The summed E-state index contributed by atoms with van der Waals surface area (Å²) in [6.07, 6.45) is 7.63. The van der Waals surface area contributed by atoms with E-state index in [1.165, 1.54) is 29.7 Å². The molecule has 10 nitrogen and oxygen atoms in total. The van der Waals surface area contributed by atoms with Crippen LogP contribution in [0.3, 0.4) is 0 Å². The van der Waals surface area contributed by atoms with Gasteiger partial charge in [0.2, 0.25) is 0 Å². The van der Waals surface area contributed by atoms with Crippen molar-refractivity contribution in [1.82, 2.24) is 9.69 Å². The fourth-order valence-corrected chi connectivity index (χ4v) is 6.30. The smallest absolute Gasteiger partial charge is 0.273 e. The van der Waals surface area contributed by atoms with Crippen molar-refractivity contribution in [3.8, 4) is 0 Å². The first-order valence-corrected chi connectivity index (χ1v) is 14.5. The van der Waals surface area contributed by atoms with Crippen LogP contribution in [0.5, 0.6) is 0 Å². The third kappa shape index (κ3) is 5.90. The number of hydrogen-bond donors (Lipinski definition) is 3. The van der Waals surface area contributed by atoms with Gasteiger partial charge in [0.25, 0.3) is 17.7 Å². The lowest BCUT2D eigenvalue weighted by Gasteiger charge is -2.30. The molecule has 1 aliphatic heterocycles. The highest BCUT2D eigenvalue weighted by atomic mass is 32.1. The van der Waals surface area contributed by atoms with Crippen LogP contribution in [-0.2, 0) is 9.53 Å². The van der Waals surface area contributed by atoms with Crippen molar-refractivity contribution in [2.24, 2.45) is 5.73 Å². The van der Waals surface area contributed by atoms with Crippen LogP contribution in [0.15, 0.2) is 40.8 Å². The van der Waals surface area contributed by atoms with E-state index >= 15 is 0 Å². The molecule has 3 aromatic rings. The summed E-state index contributed by atoms with van der Waals surface area (Å²) in [5.41, 5.74) is 13.0. The molecule has 5 N–H and O–H groups in total. The van der Waals surface area contributed by atoms with Crippen LogP contribution >= 0.6 is 11.5 Å². The molecule has 5 rings (SSSR count).